The highest BCUT2D eigenvalue weighted by Gasteiger charge is 2.27. The molecular weight excluding hydrogens is 388 g/mol. The summed E-state index contributed by atoms with van der Waals surface area (Å²) < 4.78 is 27.6. The number of aryl methyl sites for hydroxylation is 1. The fourth-order valence-electron chi connectivity index (χ4n) is 3.37. The molecule has 7 nitrogen and oxygen atoms in total. The summed E-state index contributed by atoms with van der Waals surface area (Å²) in [6.07, 6.45) is 0. The van der Waals surface area contributed by atoms with Gasteiger partial charge in [-0.15, -0.1) is 0 Å². The lowest BCUT2D eigenvalue weighted by atomic mass is 10.0. The summed E-state index contributed by atoms with van der Waals surface area (Å²) in [5, 5.41) is 9.50. The average molecular weight is 415 g/mol. The minimum atomic E-state index is -3.62. The molecule has 1 heterocycles. The Bertz CT molecular complexity index is 1170. The van der Waals surface area contributed by atoms with E-state index in [-0.39, 0.29) is 23.4 Å². The first kappa shape index (κ1) is 21.0. The van der Waals surface area contributed by atoms with Gasteiger partial charge in [0.1, 0.15) is 11.4 Å². The number of fused-ring (bicyclic) bond motifs is 1. The molecule has 1 atom stereocenters. The zero-order chi connectivity index (χ0) is 21.3. The van der Waals surface area contributed by atoms with Crippen molar-refractivity contribution in [1.29, 1.82) is 0 Å². The largest absolute Gasteiger partial charge is 0.348 e. The summed E-state index contributed by atoms with van der Waals surface area (Å²) in [4.78, 5) is 12.7. The van der Waals surface area contributed by atoms with Crippen molar-refractivity contribution in [3.63, 3.8) is 0 Å². The molecule has 3 aromatic rings. The van der Waals surface area contributed by atoms with Crippen molar-refractivity contribution in [3.8, 4) is 0 Å². The first-order valence-electron chi connectivity index (χ1n) is 9.36. The maximum absolute atomic E-state index is 12.6. The second-order valence-electron chi connectivity index (χ2n) is 7.34. The van der Waals surface area contributed by atoms with Crippen LogP contribution in [0.3, 0.4) is 0 Å². The van der Waals surface area contributed by atoms with Crippen LogP contribution in [-0.2, 0) is 21.4 Å². The number of carbonyl (C=O) groups excluding carboxylic acids is 1. The van der Waals surface area contributed by atoms with Crippen LogP contribution in [0.1, 0.15) is 29.9 Å². The summed E-state index contributed by atoms with van der Waals surface area (Å²) in [6, 6.07) is 14.0. The number of benzene rings is 2. The molecule has 0 unspecified atom stereocenters. The van der Waals surface area contributed by atoms with Crippen molar-refractivity contribution in [2.24, 2.45) is 0 Å². The maximum atomic E-state index is 12.6. The van der Waals surface area contributed by atoms with E-state index in [1.807, 2.05) is 43.3 Å². The van der Waals surface area contributed by atoms with Gasteiger partial charge in [-0.1, -0.05) is 36.4 Å². The Balaban J connectivity index is 1.77. The fraction of sp³-hybridized carbons (Fsp3) is 0.333. The van der Waals surface area contributed by atoms with Gasteiger partial charge in [0.2, 0.25) is 15.9 Å². The lowest BCUT2D eigenvalue weighted by molar-refractivity contribution is -0.122. The normalized spacial score (nSPS) is 13.0. The van der Waals surface area contributed by atoms with Crippen LogP contribution < -0.4 is 5.32 Å². The number of sulfonamides is 1. The van der Waals surface area contributed by atoms with Crippen LogP contribution in [-0.4, -0.2) is 42.5 Å². The lowest BCUT2D eigenvalue weighted by Crippen LogP contribution is -2.31. The Morgan fingerprint density at radius 2 is 1.79 bits per heavy atom. The van der Waals surface area contributed by atoms with Crippen LogP contribution in [0.4, 0.5) is 0 Å². The second-order valence-corrected chi connectivity index (χ2v) is 9.43. The van der Waals surface area contributed by atoms with Crippen molar-refractivity contribution in [3.05, 3.63) is 59.4 Å². The quantitative estimate of drug-likeness (QED) is 0.672. The Kier molecular flexibility index (Phi) is 5.77. The minimum Gasteiger partial charge on any atom is -0.348 e. The number of nitrogens with zero attached hydrogens (tertiary/aromatic N) is 3. The van der Waals surface area contributed by atoms with Gasteiger partial charge in [0.05, 0.1) is 17.4 Å². The highest BCUT2D eigenvalue weighted by molar-refractivity contribution is 7.89. The van der Waals surface area contributed by atoms with Gasteiger partial charge in [-0.05, 0) is 43.2 Å². The van der Waals surface area contributed by atoms with Crippen molar-refractivity contribution in [2.75, 3.05) is 14.1 Å². The first-order chi connectivity index (χ1) is 13.6. The predicted molar refractivity (Wildman–Crippen MR) is 113 cm³/mol. The topological polar surface area (TPSA) is 84.3 Å². The van der Waals surface area contributed by atoms with Gasteiger partial charge in [0, 0.05) is 14.1 Å². The summed E-state index contributed by atoms with van der Waals surface area (Å²) in [5.74, 6) is -0.231. The number of carbonyl (C=O) groups is 1. The predicted octanol–water partition coefficient (Wildman–Crippen LogP) is 2.78. The third kappa shape index (κ3) is 4.18. The monoisotopic (exact) mass is 414 g/mol. The number of nitrogens with one attached hydrogen (secondary N) is 1. The van der Waals surface area contributed by atoms with Crippen LogP contribution in [0.25, 0.3) is 10.8 Å². The standard InChI is InChI=1S/C21H26N4O3S/c1-14(18-11-10-17-8-6-7-9-19(17)12-18)22-20(26)13-25-16(3)21(15(2)23-25)29(27,28)24(4)5/h6-12,14H,13H2,1-5H3,(H,22,26)/t14-/m0/s1. The van der Waals surface area contributed by atoms with E-state index in [4.69, 9.17) is 0 Å². The Morgan fingerprint density at radius 3 is 2.45 bits per heavy atom. The van der Waals surface area contributed by atoms with E-state index >= 15 is 0 Å². The number of aromatic nitrogens is 2. The zero-order valence-electron chi connectivity index (χ0n) is 17.3. The Morgan fingerprint density at radius 1 is 1.14 bits per heavy atom. The number of hydrogen-bond acceptors (Lipinski definition) is 4. The summed E-state index contributed by atoms with van der Waals surface area (Å²) in [5.41, 5.74) is 1.83. The molecule has 0 saturated carbocycles. The van der Waals surface area contributed by atoms with E-state index < -0.39 is 10.0 Å². The highest BCUT2D eigenvalue weighted by Crippen LogP contribution is 2.23. The molecule has 0 aliphatic rings. The van der Waals surface area contributed by atoms with E-state index in [2.05, 4.69) is 16.5 Å². The van der Waals surface area contributed by atoms with Crippen molar-refractivity contribution in [2.45, 2.75) is 38.3 Å². The minimum absolute atomic E-state index is 0.0481. The summed E-state index contributed by atoms with van der Waals surface area (Å²) in [7, 11) is -0.670. The van der Waals surface area contributed by atoms with Gasteiger partial charge in [-0.2, -0.15) is 5.10 Å². The molecule has 0 aliphatic heterocycles. The van der Waals surface area contributed by atoms with Gasteiger partial charge in [0.25, 0.3) is 0 Å². The Labute approximate surface area is 171 Å². The molecule has 0 aliphatic carbocycles. The second kappa shape index (κ2) is 7.96. The molecule has 8 heteroatoms. The SMILES string of the molecule is Cc1nn(CC(=O)N[C@@H](C)c2ccc3ccccc3c2)c(C)c1S(=O)(=O)N(C)C. The summed E-state index contributed by atoms with van der Waals surface area (Å²) >= 11 is 0. The molecule has 1 N–H and O–H groups in total. The maximum Gasteiger partial charge on any atom is 0.246 e. The van der Waals surface area contributed by atoms with Crippen molar-refractivity contribution in [1.82, 2.24) is 19.4 Å². The van der Waals surface area contributed by atoms with Crippen molar-refractivity contribution < 1.29 is 13.2 Å². The van der Waals surface area contributed by atoms with Gasteiger partial charge < -0.3 is 5.32 Å². The molecule has 154 valence electrons. The molecule has 0 spiro atoms. The van der Waals surface area contributed by atoms with Gasteiger partial charge >= 0.3 is 0 Å². The smallest absolute Gasteiger partial charge is 0.246 e. The van der Waals surface area contributed by atoms with Crippen LogP contribution in [0.2, 0.25) is 0 Å². The Hall–Kier alpha value is -2.71. The molecule has 0 bridgehead atoms. The average Bonchev–Trinajstić information content (AvgIpc) is 2.94. The molecule has 3 rings (SSSR count). The lowest BCUT2D eigenvalue weighted by Gasteiger charge is -2.16. The third-order valence-electron chi connectivity index (χ3n) is 5.00. The highest BCUT2D eigenvalue weighted by atomic mass is 32.2. The van der Waals surface area contributed by atoms with Crippen LogP contribution in [0.15, 0.2) is 47.4 Å². The van der Waals surface area contributed by atoms with Crippen LogP contribution in [0.5, 0.6) is 0 Å². The zero-order valence-corrected chi connectivity index (χ0v) is 18.1. The first-order valence-corrected chi connectivity index (χ1v) is 10.8. The van der Waals surface area contributed by atoms with Gasteiger partial charge in [0.15, 0.2) is 0 Å². The molecule has 0 fully saturated rings. The van der Waals surface area contributed by atoms with Gasteiger partial charge in [-0.25, -0.2) is 12.7 Å². The summed E-state index contributed by atoms with van der Waals surface area (Å²) in [6.45, 7) is 5.17. The van der Waals surface area contributed by atoms with Crippen molar-refractivity contribution >= 4 is 26.7 Å². The van der Waals surface area contributed by atoms with Crippen LogP contribution >= 0.6 is 0 Å². The molecular formula is C21H26N4O3S. The van der Waals surface area contributed by atoms with E-state index in [0.29, 0.717) is 11.4 Å². The van der Waals surface area contributed by atoms with Gasteiger partial charge in [-0.3, -0.25) is 9.48 Å². The molecule has 1 aromatic heterocycles. The third-order valence-corrected chi connectivity index (χ3v) is 7.07. The fourth-order valence-corrected chi connectivity index (χ4v) is 4.63. The van der Waals surface area contributed by atoms with E-state index in [9.17, 15) is 13.2 Å². The van der Waals surface area contributed by atoms with Crippen LogP contribution in [0, 0.1) is 13.8 Å². The molecule has 0 radical (unpaired) electrons. The van der Waals surface area contributed by atoms with E-state index in [1.54, 1.807) is 13.8 Å². The number of amides is 1. The molecule has 0 saturated heterocycles. The van der Waals surface area contributed by atoms with E-state index in [0.717, 1.165) is 20.6 Å². The van der Waals surface area contributed by atoms with E-state index in [1.165, 1.54) is 18.8 Å². The number of rotatable bonds is 6. The number of hydrogen-bond donors (Lipinski definition) is 1. The molecule has 29 heavy (non-hydrogen) atoms. The molecule has 1 amide bonds. The molecule has 2 aromatic carbocycles.